The van der Waals surface area contributed by atoms with Gasteiger partial charge >= 0.3 is 5.97 Å². The highest BCUT2D eigenvalue weighted by molar-refractivity contribution is 6.02. The Morgan fingerprint density at radius 3 is 2.00 bits per heavy atom. The quantitative estimate of drug-likeness (QED) is 0.625. The molecular formula is C19H18N4O4. The lowest BCUT2D eigenvalue weighted by Crippen LogP contribution is -2.32. The van der Waals surface area contributed by atoms with Crippen LogP contribution in [0, 0.1) is 0 Å². The van der Waals surface area contributed by atoms with E-state index in [9.17, 15) is 14.4 Å². The fourth-order valence-corrected chi connectivity index (χ4v) is 2.46. The average molecular weight is 366 g/mol. The smallest absolute Gasteiger partial charge is 0.325 e. The molecule has 0 bridgehead atoms. The fraction of sp³-hybridized carbons (Fsp3) is 0.211. The fourth-order valence-electron chi connectivity index (χ4n) is 2.46. The van der Waals surface area contributed by atoms with Gasteiger partial charge in [-0.25, -0.2) is 4.79 Å². The Hall–Kier alpha value is -3.39. The Kier molecular flexibility index (Phi) is 5.68. The van der Waals surface area contributed by atoms with Crippen molar-refractivity contribution in [3.05, 3.63) is 59.7 Å². The highest BCUT2D eigenvalue weighted by Crippen LogP contribution is 2.20. The largest absolute Gasteiger partial charge is 0.363 e. The van der Waals surface area contributed by atoms with Crippen molar-refractivity contribution in [2.45, 2.75) is 19.4 Å². The number of hydroxylamine groups is 2. The van der Waals surface area contributed by atoms with E-state index in [0.29, 0.717) is 16.4 Å². The normalized spacial score (nSPS) is 14.2. The molecule has 2 aromatic carbocycles. The summed E-state index contributed by atoms with van der Waals surface area (Å²) in [6.07, 6.45) is 0.114. The van der Waals surface area contributed by atoms with Gasteiger partial charge in [-0.3, -0.25) is 9.59 Å². The van der Waals surface area contributed by atoms with Crippen molar-refractivity contribution in [2.75, 3.05) is 7.05 Å². The third-order valence-corrected chi connectivity index (χ3v) is 3.88. The van der Waals surface area contributed by atoms with E-state index < -0.39 is 17.8 Å². The Morgan fingerprint density at radius 2 is 1.48 bits per heavy atom. The molecule has 2 amide bonds. The molecule has 3 rings (SSSR count). The predicted octanol–water partition coefficient (Wildman–Crippen LogP) is 3.04. The van der Waals surface area contributed by atoms with E-state index in [1.165, 1.54) is 12.1 Å². The molecule has 1 heterocycles. The van der Waals surface area contributed by atoms with Gasteiger partial charge in [0.15, 0.2) is 0 Å². The first kappa shape index (κ1) is 18.4. The number of hydrogen-bond donors (Lipinski definition) is 1. The maximum absolute atomic E-state index is 12.0. The van der Waals surface area contributed by atoms with Gasteiger partial charge in [0.25, 0.3) is 11.8 Å². The Labute approximate surface area is 155 Å². The summed E-state index contributed by atoms with van der Waals surface area (Å²) in [7, 11) is 1.88. The molecule has 8 nitrogen and oxygen atoms in total. The number of amides is 2. The highest BCUT2D eigenvalue weighted by Gasteiger charge is 2.33. The summed E-state index contributed by atoms with van der Waals surface area (Å²) in [4.78, 5) is 39.9. The van der Waals surface area contributed by atoms with Crippen molar-refractivity contribution in [3.8, 4) is 0 Å². The number of carbonyl (C=O) groups is 3. The van der Waals surface area contributed by atoms with E-state index in [-0.39, 0.29) is 18.4 Å². The van der Waals surface area contributed by atoms with Crippen LogP contribution in [0.3, 0.4) is 0 Å². The zero-order valence-corrected chi connectivity index (χ0v) is 14.7. The van der Waals surface area contributed by atoms with E-state index in [0.717, 1.165) is 12.1 Å². The number of carbonyl (C=O) groups excluding carboxylic acids is 3. The van der Waals surface area contributed by atoms with Gasteiger partial charge < -0.3 is 10.2 Å². The van der Waals surface area contributed by atoms with Crippen molar-refractivity contribution in [3.63, 3.8) is 0 Å². The van der Waals surface area contributed by atoms with E-state index in [1.807, 2.05) is 31.3 Å². The summed E-state index contributed by atoms with van der Waals surface area (Å²) >= 11 is 0. The molecule has 27 heavy (non-hydrogen) atoms. The third-order valence-electron chi connectivity index (χ3n) is 3.88. The lowest BCUT2D eigenvalue weighted by molar-refractivity contribution is -0.172. The molecule has 0 atom stereocenters. The third kappa shape index (κ3) is 4.62. The monoisotopic (exact) mass is 366 g/mol. The van der Waals surface area contributed by atoms with Gasteiger partial charge in [0, 0.05) is 19.4 Å². The lowest BCUT2D eigenvalue weighted by atomic mass is 10.2. The zero-order chi connectivity index (χ0) is 19.2. The molecule has 8 heteroatoms. The second-order valence-electron chi connectivity index (χ2n) is 5.90. The number of rotatable bonds is 6. The van der Waals surface area contributed by atoms with E-state index in [2.05, 4.69) is 15.5 Å². The molecule has 0 aromatic heterocycles. The lowest BCUT2D eigenvalue weighted by Gasteiger charge is -2.12. The predicted molar refractivity (Wildman–Crippen MR) is 96.3 cm³/mol. The molecule has 1 saturated heterocycles. The minimum absolute atomic E-state index is 0.0569. The van der Waals surface area contributed by atoms with Gasteiger partial charge in [-0.15, -0.1) is 5.06 Å². The molecule has 1 aliphatic rings. The molecule has 0 radical (unpaired) electrons. The van der Waals surface area contributed by atoms with Gasteiger partial charge in [0.2, 0.25) is 0 Å². The van der Waals surface area contributed by atoms with Crippen molar-refractivity contribution >= 4 is 29.2 Å². The van der Waals surface area contributed by atoms with E-state index >= 15 is 0 Å². The van der Waals surface area contributed by atoms with Crippen molar-refractivity contribution in [1.29, 1.82) is 0 Å². The maximum Gasteiger partial charge on any atom is 0.363 e. The molecule has 0 spiro atoms. The van der Waals surface area contributed by atoms with Crippen LogP contribution < -0.4 is 5.32 Å². The minimum atomic E-state index is -0.776. The van der Waals surface area contributed by atoms with Crippen LogP contribution >= 0.6 is 0 Å². The van der Waals surface area contributed by atoms with Gasteiger partial charge in [-0.05, 0) is 49.0 Å². The van der Waals surface area contributed by atoms with Crippen LogP contribution in [0.4, 0.5) is 11.4 Å². The molecule has 1 fully saturated rings. The number of benzene rings is 2. The summed E-state index contributed by atoms with van der Waals surface area (Å²) in [6.45, 7) is 0.781. The number of nitrogens with one attached hydrogen (secondary N) is 1. The van der Waals surface area contributed by atoms with Crippen LogP contribution in [0.2, 0.25) is 0 Å². The molecule has 0 saturated carbocycles. The molecule has 138 valence electrons. The summed E-state index contributed by atoms with van der Waals surface area (Å²) in [5.74, 6) is -1.80. The zero-order valence-electron chi connectivity index (χ0n) is 14.7. The average Bonchev–Trinajstić information content (AvgIpc) is 3.00. The first-order chi connectivity index (χ1) is 13.1. The number of nitrogens with zero attached hydrogens (tertiary/aromatic N) is 3. The first-order valence-electron chi connectivity index (χ1n) is 8.40. The van der Waals surface area contributed by atoms with Crippen LogP contribution in [0.15, 0.2) is 58.8 Å². The van der Waals surface area contributed by atoms with E-state index in [1.54, 1.807) is 12.1 Å². The minimum Gasteiger partial charge on any atom is -0.325 e. The van der Waals surface area contributed by atoms with Crippen LogP contribution in [0.5, 0.6) is 0 Å². The van der Waals surface area contributed by atoms with Crippen LogP contribution in [-0.4, -0.2) is 29.9 Å². The van der Waals surface area contributed by atoms with Gasteiger partial charge in [-0.1, -0.05) is 12.1 Å². The summed E-state index contributed by atoms with van der Waals surface area (Å²) in [6, 6.07) is 13.9. The Balaban J connectivity index is 1.61. The van der Waals surface area contributed by atoms with Crippen LogP contribution in [0.1, 0.15) is 28.8 Å². The van der Waals surface area contributed by atoms with Gasteiger partial charge in [0.05, 0.1) is 16.9 Å². The van der Waals surface area contributed by atoms with E-state index in [4.69, 9.17) is 4.84 Å². The van der Waals surface area contributed by atoms with Crippen molar-refractivity contribution in [1.82, 2.24) is 10.4 Å². The molecule has 1 aliphatic heterocycles. The molecule has 2 aromatic rings. The van der Waals surface area contributed by atoms with Crippen molar-refractivity contribution in [2.24, 2.45) is 10.2 Å². The van der Waals surface area contributed by atoms with Crippen LogP contribution in [-0.2, 0) is 21.0 Å². The summed E-state index contributed by atoms with van der Waals surface area (Å²) < 4.78 is 0. The highest BCUT2D eigenvalue weighted by atomic mass is 16.7. The molecular weight excluding hydrogens is 348 g/mol. The second kappa shape index (κ2) is 8.33. The van der Waals surface area contributed by atoms with Gasteiger partial charge in [0.1, 0.15) is 0 Å². The molecule has 0 aliphatic carbocycles. The maximum atomic E-state index is 12.0. The number of hydrogen-bond acceptors (Lipinski definition) is 7. The number of imide groups is 1. The van der Waals surface area contributed by atoms with Crippen molar-refractivity contribution < 1.29 is 19.2 Å². The molecule has 1 N–H and O–H groups in total. The van der Waals surface area contributed by atoms with Crippen LogP contribution in [0.25, 0.3) is 0 Å². The Bertz CT molecular complexity index is 860. The standard InChI is InChI=1S/C19H18N4O4/c1-20-12-13-2-6-15(7-3-13)21-22-16-8-4-14(5-9-16)19(26)27-23-17(24)10-11-18(23)25/h2-9,20H,10-12H2,1H3. The second-order valence-corrected chi connectivity index (χ2v) is 5.90. The first-order valence-corrected chi connectivity index (χ1v) is 8.40. The van der Waals surface area contributed by atoms with Gasteiger partial charge in [-0.2, -0.15) is 10.2 Å². The topological polar surface area (TPSA) is 100 Å². The molecule has 0 unspecified atom stereocenters. The number of azo groups is 1. The Morgan fingerprint density at radius 1 is 0.963 bits per heavy atom. The summed E-state index contributed by atoms with van der Waals surface area (Å²) in [5.41, 5.74) is 2.62. The SMILES string of the molecule is CNCc1ccc(N=Nc2ccc(C(=O)ON3C(=O)CCC3=O)cc2)cc1. The summed E-state index contributed by atoms with van der Waals surface area (Å²) in [5, 5.41) is 11.9.